The van der Waals surface area contributed by atoms with E-state index in [1.165, 1.54) is 0 Å². The molecule has 0 aromatic carbocycles. The van der Waals surface area contributed by atoms with Crippen molar-refractivity contribution in [3.05, 3.63) is 16.3 Å². The van der Waals surface area contributed by atoms with Gasteiger partial charge in [-0.15, -0.1) is 0 Å². The lowest BCUT2D eigenvalue weighted by atomic mass is 9.99. The molecule has 20 heavy (non-hydrogen) atoms. The molecule has 8 nitrogen and oxygen atoms in total. The first-order chi connectivity index (χ1) is 9.27. The number of aromatic nitrogens is 2. The summed E-state index contributed by atoms with van der Waals surface area (Å²) >= 11 is 0. The van der Waals surface area contributed by atoms with Crippen LogP contribution >= 0.6 is 0 Å². The summed E-state index contributed by atoms with van der Waals surface area (Å²) in [5, 5.41) is 26.6. The molecule has 8 heteroatoms. The number of hydrogen-bond acceptors (Lipinski definition) is 7. The Kier molecular flexibility index (Phi) is 5.20. The standard InChI is InChI=1S/C12H21N5O3/c1-5-6-13-11-14-7-9(17(19)20)10(15-11)16-12(3,4)8(2)18/h7-8,18H,5-6H2,1-4H3,(H2,13,14,15,16). The summed E-state index contributed by atoms with van der Waals surface area (Å²) in [6.45, 7) is 7.76. The van der Waals surface area contributed by atoms with Crippen molar-refractivity contribution < 1.29 is 10.0 Å². The second-order valence-electron chi connectivity index (χ2n) is 5.13. The number of rotatable bonds is 7. The molecule has 0 aliphatic rings. The molecule has 0 aliphatic carbocycles. The lowest BCUT2D eigenvalue weighted by molar-refractivity contribution is -0.384. The normalized spacial score (nSPS) is 12.8. The third-order valence-electron chi connectivity index (χ3n) is 2.98. The zero-order valence-electron chi connectivity index (χ0n) is 12.2. The maximum Gasteiger partial charge on any atom is 0.329 e. The first-order valence-electron chi connectivity index (χ1n) is 6.49. The zero-order chi connectivity index (χ0) is 15.3. The fraction of sp³-hybridized carbons (Fsp3) is 0.667. The molecule has 0 saturated carbocycles. The Hall–Kier alpha value is -1.96. The largest absolute Gasteiger partial charge is 0.391 e. The predicted octanol–water partition coefficient (Wildman–Crippen LogP) is 1.78. The van der Waals surface area contributed by atoms with Gasteiger partial charge in [0.1, 0.15) is 6.20 Å². The van der Waals surface area contributed by atoms with Crippen molar-refractivity contribution in [3.8, 4) is 0 Å². The van der Waals surface area contributed by atoms with Crippen LogP contribution in [-0.2, 0) is 0 Å². The van der Waals surface area contributed by atoms with E-state index in [1.807, 2.05) is 6.92 Å². The van der Waals surface area contributed by atoms with Gasteiger partial charge < -0.3 is 15.7 Å². The van der Waals surface area contributed by atoms with E-state index >= 15 is 0 Å². The van der Waals surface area contributed by atoms with Crippen molar-refractivity contribution in [2.75, 3.05) is 17.2 Å². The molecule has 0 fully saturated rings. The van der Waals surface area contributed by atoms with Gasteiger partial charge in [-0.2, -0.15) is 4.98 Å². The van der Waals surface area contributed by atoms with Gasteiger partial charge in [0.05, 0.1) is 16.6 Å². The number of hydrogen-bond donors (Lipinski definition) is 3. The Labute approximate surface area is 117 Å². The summed E-state index contributed by atoms with van der Waals surface area (Å²) in [5.74, 6) is 0.413. The molecule has 0 radical (unpaired) electrons. The second kappa shape index (κ2) is 6.47. The van der Waals surface area contributed by atoms with E-state index in [0.717, 1.165) is 12.6 Å². The molecule has 0 spiro atoms. The summed E-state index contributed by atoms with van der Waals surface area (Å²) in [7, 11) is 0. The summed E-state index contributed by atoms with van der Waals surface area (Å²) in [6.07, 6.45) is 1.34. The van der Waals surface area contributed by atoms with Gasteiger partial charge in [-0.1, -0.05) is 6.92 Å². The van der Waals surface area contributed by atoms with Crippen LogP contribution in [0, 0.1) is 10.1 Å². The third kappa shape index (κ3) is 4.02. The molecular formula is C12H21N5O3. The van der Waals surface area contributed by atoms with Crippen molar-refractivity contribution >= 4 is 17.5 Å². The van der Waals surface area contributed by atoms with E-state index < -0.39 is 16.6 Å². The lowest BCUT2D eigenvalue weighted by Crippen LogP contribution is -2.42. The molecule has 1 aromatic rings. The van der Waals surface area contributed by atoms with Gasteiger partial charge in [-0.3, -0.25) is 10.1 Å². The van der Waals surface area contributed by atoms with Gasteiger partial charge in [0.25, 0.3) is 0 Å². The second-order valence-corrected chi connectivity index (χ2v) is 5.13. The Morgan fingerprint density at radius 3 is 2.70 bits per heavy atom. The average molecular weight is 283 g/mol. The van der Waals surface area contributed by atoms with Crippen molar-refractivity contribution in [3.63, 3.8) is 0 Å². The summed E-state index contributed by atoms with van der Waals surface area (Å²) in [5.41, 5.74) is -0.970. The maximum absolute atomic E-state index is 11.0. The minimum atomic E-state index is -0.749. The number of nitrogens with zero attached hydrogens (tertiary/aromatic N) is 3. The average Bonchev–Trinajstić information content (AvgIpc) is 2.35. The molecule has 1 aromatic heterocycles. The van der Waals surface area contributed by atoms with Crippen LogP contribution < -0.4 is 10.6 Å². The Bertz CT molecular complexity index is 476. The monoisotopic (exact) mass is 283 g/mol. The van der Waals surface area contributed by atoms with E-state index in [9.17, 15) is 15.2 Å². The van der Waals surface area contributed by atoms with E-state index in [1.54, 1.807) is 20.8 Å². The molecule has 1 unspecified atom stereocenters. The minimum absolute atomic E-state index is 0.0921. The van der Waals surface area contributed by atoms with Gasteiger partial charge in [0.2, 0.25) is 11.8 Å². The number of aliphatic hydroxyl groups is 1. The molecule has 1 rings (SSSR count). The number of nitro groups is 1. The lowest BCUT2D eigenvalue weighted by Gasteiger charge is -2.29. The smallest absolute Gasteiger partial charge is 0.329 e. The van der Waals surface area contributed by atoms with E-state index in [0.29, 0.717) is 12.5 Å². The molecule has 0 aliphatic heterocycles. The first-order valence-corrected chi connectivity index (χ1v) is 6.49. The number of nitrogens with one attached hydrogen (secondary N) is 2. The number of aliphatic hydroxyl groups excluding tert-OH is 1. The Balaban J connectivity index is 3.09. The van der Waals surface area contributed by atoms with Crippen LogP contribution in [0.15, 0.2) is 6.20 Å². The van der Waals surface area contributed by atoms with Crippen LogP contribution in [0.2, 0.25) is 0 Å². The predicted molar refractivity (Wildman–Crippen MR) is 76.8 cm³/mol. The molecule has 112 valence electrons. The molecule has 1 atom stereocenters. The molecule has 0 bridgehead atoms. The van der Waals surface area contributed by atoms with Gasteiger partial charge in [-0.05, 0) is 27.2 Å². The van der Waals surface area contributed by atoms with Gasteiger partial charge in [0, 0.05) is 6.54 Å². The van der Waals surface area contributed by atoms with Crippen molar-refractivity contribution in [2.45, 2.75) is 45.8 Å². The topological polar surface area (TPSA) is 113 Å². The van der Waals surface area contributed by atoms with Gasteiger partial charge in [0.15, 0.2) is 0 Å². The summed E-state index contributed by atoms with van der Waals surface area (Å²) in [6, 6.07) is 0. The first kappa shape index (κ1) is 16.1. The van der Waals surface area contributed by atoms with Crippen molar-refractivity contribution in [2.24, 2.45) is 0 Å². The van der Waals surface area contributed by atoms with Gasteiger partial charge in [-0.25, -0.2) is 4.98 Å². The van der Waals surface area contributed by atoms with Crippen LogP contribution in [-0.4, -0.2) is 38.2 Å². The van der Waals surface area contributed by atoms with Crippen LogP contribution in [0.5, 0.6) is 0 Å². The van der Waals surface area contributed by atoms with E-state index in [2.05, 4.69) is 20.6 Å². The molecule has 0 amide bonds. The molecular weight excluding hydrogens is 262 g/mol. The summed E-state index contributed by atoms with van der Waals surface area (Å²) < 4.78 is 0. The van der Waals surface area contributed by atoms with Crippen molar-refractivity contribution in [1.29, 1.82) is 0 Å². The van der Waals surface area contributed by atoms with E-state index in [-0.39, 0.29) is 11.5 Å². The Morgan fingerprint density at radius 1 is 1.55 bits per heavy atom. The van der Waals surface area contributed by atoms with Gasteiger partial charge >= 0.3 is 5.69 Å². The van der Waals surface area contributed by atoms with Crippen LogP contribution in [0.25, 0.3) is 0 Å². The molecule has 1 heterocycles. The zero-order valence-corrected chi connectivity index (χ0v) is 12.2. The minimum Gasteiger partial charge on any atom is -0.391 e. The number of anilines is 2. The van der Waals surface area contributed by atoms with Crippen LogP contribution in [0.4, 0.5) is 17.5 Å². The highest BCUT2D eigenvalue weighted by atomic mass is 16.6. The highest BCUT2D eigenvalue weighted by Crippen LogP contribution is 2.26. The van der Waals surface area contributed by atoms with Crippen molar-refractivity contribution in [1.82, 2.24) is 9.97 Å². The third-order valence-corrected chi connectivity index (χ3v) is 2.98. The summed E-state index contributed by atoms with van der Waals surface area (Å²) in [4.78, 5) is 18.5. The SMILES string of the molecule is CCCNc1ncc([N+](=O)[O-])c(NC(C)(C)C(C)O)n1. The fourth-order valence-corrected chi connectivity index (χ4v) is 1.33. The highest BCUT2D eigenvalue weighted by molar-refractivity contribution is 5.58. The van der Waals surface area contributed by atoms with Crippen LogP contribution in [0.3, 0.4) is 0 Å². The van der Waals surface area contributed by atoms with Crippen LogP contribution in [0.1, 0.15) is 34.1 Å². The molecule has 3 N–H and O–H groups in total. The van der Waals surface area contributed by atoms with E-state index in [4.69, 9.17) is 0 Å². The quantitative estimate of drug-likeness (QED) is 0.516. The highest BCUT2D eigenvalue weighted by Gasteiger charge is 2.28. The maximum atomic E-state index is 11.0. The Morgan fingerprint density at radius 2 is 2.20 bits per heavy atom. The fourth-order valence-electron chi connectivity index (χ4n) is 1.33. The molecule has 0 saturated heterocycles.